The lowest BCUT2D eigenvalue weighted by molar-refractivity contribution is -0.141. The molecule has 2 nitrogen and oxygen atoms in total. The van der Waals surface area contributed by atoms with E-state index >= 15 is 0 Å². The molecule has 2 rings (SSSR count). The summed E-state index contributed by atoms with van der Waals surface area (Å²) >= 11 is 0. The van der Waals surface area contributed by atoms with Gasteiger partial charge in [0.15, 0.2) is 0 Å². The monoisotopic (exact) mass is 238 g/mol. The highest BCUT2D eigenvalue weighted by Crippen LogP contribution is 2.30. The van der Waals surface area contributed by atoms with Crippen LogP contribution in [0.15, 0.2) is 12.1 Å². The second-order valence-corrected chi connectivity index (χ2v) is 3.22. The highest BCUT2D eigenvalue weighted by molar-refractivity contribution is 5.85. The molecule has 0 fully saturated rings. The fourth-order valence-electron chi connectivity index (χ4n) is 1.49. The second kappa shape index (κ2) is 4.26. The summed E-state index contributed by atoms with van der Waals surface area (Å²) in [5.74, 6) is 0. The van der Waals surface area contributed by atoms with Gasteiger partial charge < -0.3 is 5.32 Å². The molecule has 0 saturated carbocycles. The number of aryl methyl sites for hydroxylation is 1. The first-order valence-corrected chi connectivity index (χ1v) is 4.38. The van der Waals surface area contributed by atoms with Crippen molar-refractivity contribution in [2.45, 2.75) is 19.0 Å². The van der Waals surface area contributed by atoms with Crippen LogP contribution in [0, 0.1) is 0 Å². The summed E-state index contributed by atoms with van der Waals surface area (Å²) < 4.78 is 36.8. The van der Waals surface area contributed by atoms with Gasteiger partial charge in [-0.05, 0) is 25.0 Å². The molecule has 6 heteroatoms. The van der Waals surface area contributed by atoms with E-state index in [-0.39, 0.29) is 12.4 Å². The Kier molecular flexibility index (Phi) is 3.44. The third-order valence-corrected chi connectivity index (χ3v) is 2.17. The molecule has 0 saturated heterocycles. The van der Waals surface area contributed by atoms with Crippen molar-refractivity contribution in [2.75, 3.05) is 11.9 Å². The zero-order valence-electron chi connectivity index (χ0n) is 7.77. The zero-order valence-corrected chi connectivity index (χ0v) is 8.58. The summed E-state index contributed by atoms with van der Waals surface area (Å²) in [6, 6.07) is 2.46. The Morgan fingerprint density at radius 1 is 1.27 bits per heavy atom. The molecule has 1 aromatic rings. The molecule has 0 aromatic carbocycles. The molecule has 0 amide bonds. The van der Waals surface area contributed by atoms with Gasteiger partial charge in [-0.1, -0.05) is 0 Å². The molecular weight excluding hydrogens is 229 g/mol. The number of pyridine rings is 1. The van der Waals surface area contributed by atoms with Gasteiger partial charge in [0.25, 0.3) is 0 Å². The van der Waals surface area contributed by atoms with Crippen LogP contribution in [-0.4, -0.2) is 11.5 Å². The van der Waals surface area contributed by atoms with Crippen LogP contribution in [0.25, 0.3) is 0 Å². The summed E-state index contributed by atoms with van der Waals surface area (Å²) in [5.41, 5.74) is 0.440. The van der Waals surface area contributed by atoms with Crippen LogP contribution in [0.1, 0.15) is 17.8 Å². The largest absolute Gasteiger partial charge is 0.433 e. The number of aromatic nitrogens is 1. The van der Waals surface area contributed by atoms with Crippen LogP contribution in [-0.2, 0) is 12.6 Å². The second-order valence-electron chi connectivity index (χ2n) is 3.22. The predicted molar refractivity (Wildman–Crippen MR) is 53.3 cm³/mol. The summed E-state index contributed by atoms with van der Waals surface area (Å²) in [7, 11) is 0. The minimum atomic E-state index is -4.34. The summed E-state index contributed by atoms with van der Waals surface area (Å²) in [5, 5.41) is 3.01. The number of hydrogen-bond acceptors (Lipinski definition) is 2. The van der Waals surface area contributed by atoms with E-state index in [9.17, 15) is 13.2 Å². The number of hydrogen-bond donors (Lipinski definition) is 1. The maximum atomic E-state index is 12.3. The maximum absolute atomic E-state index is 12.3. The average molecular weight is 239 g/mol. The van der Waals surface area contributed by atoms with Crippen LogP contribution < -0.4 is 5.32 Å². The molecular formula is C9H10ClF3N2. The van der Waals surface area contributed by atoms with E-state index in [1.165, 1.54) is 6.07 Å². The van der Waals surface area contributed by atoms with Gasteiger partial charge >= 0.3 is 6.18 Å². The van der Waals surface area contributed by atoms with Crippen molar-refractivity contribution >= 4 is 18.1 Å². The third kappa shape index (κ3) is 2.53. The topological polar surface area (TPSA) is 24.9 Å². The van der Waals surface area contributed by atoms with Crippen molar-refractivity contribution in [1.82, 2.24) is 4.98 Å². The molecule has 1 aliphatic rings. The van der Waals surface area contributed by atoms with Crippen LogP contribution in [0.3, 0.4) is 0 Å². The fourth-order valence-corrected chi connectivity index (χ4v) is 1.49. The Hall–Kier alpha value is -0.970. The quantitative estimate of drug-likeness (QED) is 0.752. The standard InChI is InChI=1S/C9H9F3N2.ClH/c10-9(11,12)8-4-3-6-7(14-8)2-1-5-13-6;/h3-4,13H,1-2,5H2;1H. The molecule has 0 aliphatic carbocycles. The minimum Gasteiger partial charge on any atom is -0.384 e. The molecule has 0 atom stereocenters. The number of halogens is 4. The molecule has 1 N–H and O–H groups in total. The van der Waals surface area contributed by atoms with E-state index < -0.39 is 11.9 Å². The lowest BCUT2D eigenvalue weighted by Crippen LogP contribution is -2.16. The minimum absolute atomic E-state index is 0. The number of fused-ring (bicyclic) bond motifs is 1. The lowest BCUT2D eigenvalue weighted by atomic mass is 10.1. The molecule has 0 unspecified atom stereocenters. The third-order valence-electron chi connectivity index (χ3n) is 2.17. The Balaban J connectivity index is 0.00000112. The predicted octanol–water partition coefficient (Wildman–Crippen LogP) is 2.88. The first-order chi connectivity index (χ1) is 6.57. The number of nitrogens with one attached hydrogen (secondary N) is 1. The van der Waals surface area contributed by atoms with E-state index in [0.29, 0.717) is 12.1 Å². The lowest BCUT2D eigenvalue weighted by Gasteiger charge is -2.18. The molecule has 0 radical (unpaired) electrons. The Morgan fingerprint density at radius 3 is 2.67 bits per heavy atom. The van der Waals surface area contributed by atoms with Crippen LogP contribution in [0.2, 0.25) is 0 Å². The van der Waals surface area contributed by atoms with E-state index in [0.717, 1.165) is 24.7 Å². The first-order valence-electron chi connectivity index (χ1n) is 4.38. The van der Waals surface area contributed by atoms with Crippen LogP contribution in [0.4, 0.5) is 18.9 Å². The Morgan fingerprint density at radius 2 is 2.00 bits per heavy atom. The molecule has 0 spiro atoms. The zero-order chi connectivity index (χ0) is 10.2. The molecule has 84 valence electrons. The molecule has 1 aliphatic heterocycles. The van der Waals surface area contributed by atoms with Crippen molar-refractivity contribution in [2.24, 2.45) is 0 Å². The summed E-state index contributed by atoms with van der Waals surface area (Å²) in [6.45, 7) is 0.806. The van der Waals surface area contributed by atoms with Crippen LogP contribution >= 0.6 is 12.4 Å². The summed E-state index contributed by atoms with van der Waals surface area (Å²) in [4.78, 5) is 3.60. The molecule has 2 heterocycles. The van der Waals surface area contributed by atoms with E-state index in [1.807, 2.05) is 0 Å². The summed E-state index contributed by atoms with van der Waals surface area (Å²) in [6.07, 6.45) is -2.89. The fraction of sp³-hybridized carbons (Fsp3) is 0.444. The molecule has 0 bridgehead atoms. The van der Waals surface area contributed by atoms with Crippen molar-refractivity contribution in [3.05, 3.63) is 23.5 Å². The van der Waals surface area contributed by atoms with Crippen molar-refractivity contribution in [3.8, 4) is 0 Å². The van der Waals surface area contributed by atoms with Gasteiger partial charge in [-0.15, -0.1) is 12.4 Å². The highest BCUT2D eigenvalue weighted by Gasteiger charge is 2.33. The van der Waals surface area contributed by atoms with Gasteiger partial charge in [0.05, 0.1) is 11.4 Å². The number of alkyl halides is 3. The van der Waals surface area contributed by atoms with Gasteiger partial charge in [-0.2, -0.15) is 13.2 Å². The van der Waals surface area contributed by atoms with Crippen molar-refractivity contribution in [1.29, 1.82) is 0 Å². The van der Waals surface area contributed by atoms with Gasteiger partial charge in [0, 0.05) is 6.54 Å². The van der Waals surface area contributed by atoms with Crippen LogP contribution in [0.5, 0.6) is 0 Å². The number of nitrogens with zero attached hydrogens (tertiary/aromatic N) is 1. The van der Waals surface area contributed by atoms with Gasteiger partial charge in [0.2, 0.25) is 0 Å². The average Bonchev–Trinajstić information content (AvgIpc) is 2.16. The highest BCUT2D eigenvalue weighted by atomic mass is 35.5. The van der Waals surface area contributed by atoms with E-state index in [2.05, 4.69) is 10.3 Å². The maximum Gasteiger partial charge on any atom is 0.433 e. The smallest absolute Gasteiger partial charge is 0.384 e. The van der Waals surface area contributed by atoms with Crippen molar-refractivity contribution in [3.63, 3.8) is 0 Å². The van der Waals surface area contributed by atoms with Gasteiger partial charge in [-0.25, -0.2) is 4.98 Å². The van der Waals surface area contributed by atoms with Crippen molar-refractivity contribution < 1.29 is 13.2 Å². The Bertz CT molecular complexity index is 352. The number of rotatable bonds is 0. The van der Waals surface area contributed by atoms with Gasteiger partial charge in [0.1, 0.15) is 5.69 Å². The van der Waals surface area contributed by atoms with E-state index in [1.54, 1.807) is 0 Å². The molecule has 15 heavy (non-hydrogen) atoms. The number of anilines is 1. The van der Waals surface area contributed by atoms with Gasteiger partial charge in [-0.3, -0.25) is 0 Å². The normalized spacial score (nSPS) is 14.9. The molecule has 1 aromatic heterocycles. The Labute approximate surface area is 91.3 Å². The SMILES string of the molecule is Cl.FC(F)(F)c1ccc2c(n1)CCCN2. The van der Waals surface area contributed by atoms with E-state index in [4.69, 9.17) is 0 Å². The first kappa shape index (κ1) is 12.1.